The predicted molar refractivity (Wildman–Crippen MR) is 54.3 cm³/mol. The Balaban J connectivity index is 2.18. The van der Waals surface area contributed by atoms with Crippen LogP contribution < -0.4 is 0 Å². The Bertz CT molecular complexity index is 296. The summed E-state index contributed by atoms with van der Waals surface area (Å²) in [5.41, 5.74) is 0. The largest absolute Gasteiger partial charge is 0.356 e. The van der Waals surface area contributed by atoms with Crippen LogP contribution in [-0.2, 0) is 4.74 Å². The number of aromatic nitrogens is 3. The molecule has 1 saturated heterocycles. The molecule has 6 heteroatoms. The van der Waals surface area contributed by atoms with Crippen molar-refractivity contribution in [1.82, 2.24) is 14.8 Å². The van der Waals surface area contributed by atoms with Crippen molar-refractivity contribution in [2.75, 3.05) is 6.61 Å². The Morgan fingerprint density at radius 3 is 2.77 bits per heavy atom. The lowest BCUT2D eigenvalue weighted by Crippen LogP contribution is -2.19. The Hall–Kier alpha value is 0.0600. The van der Waals surface area contributed by atoms with Crippen LogP contribution in [0.15, 0.2) is 9.47 Å². The molecule has 1 fully saturated rings. The molecule has 0 N–H and O–H groups in total. The van der Waals surface area contributed by atoms with E-state index < -0.39 is 0 Å². The van der Waals surface area contributed by atoms with Gasteiger partial charge in [0.2, 0.25) is 4.73 Å². The molecule has 1 aromatic heterocycles. The summed E-state index contributed by atoms with van der Waals surface area (Å²) in [6.45, 7) is 0.814. The highest BCUT2D eigenvalue weighted by Gasteiger charge is 2.19. The smallest absolute Gasteiger partial charge is 0.218 e. The summed E-state index contributed by atoms with van der Waals surface area (Å²) in [6.07, 6.45) is 3.38. The topological polar surface area (TPSA) is 39.9 Å². The Labute approximate surface area is 92.9 Å². The van der Waals surface area contributed by atoms with E-state index in [0.717, 1.165) is 19.4 Å². The minimum Gasteiger partial charge on any atom is -0.356 e. The summed E-state index contributed by atoms with van der Waals surface area (Å²) in [5, 5.41) is 4.18. The molecule has 2 rings (SSSR count). The van der Waals surface area contributed by atoms with Crippen molar-refractivity contribution in [3.05, 3.63) is 9.47 Å². The lowest BCUT2D eigenvalue weighted by Gasteiger charge is -2.22. The maximum atomic E-state index is 5.57. The molecule has 13 heavy (non-hydrogen) atoms. The van der Waals surface area contributed by atoms with E-state index in [1.807, 2.05) is 0 Å². The molecule has 1 aromatic rings. The summed E-state index contributed by atoms with van der Waals surface area (Å²) >= 11 is 6.55. The Morgan fingerprint density at radius 2 is 2.23 bits per heavy atom. The van der Waals surface area contributed by atoms with Crippen molar-refractivity contribution >= 4 is 31.9 Å². The number of ether oxygens (including phenoxy) is 1. The van der Waals surface area contributed by atoms with Gasteiger partial charge >= 0.3 is 0 Å². The fourth-order valence-electron chi connectivity index (χ4n) is 1.38. The lowest BCUT2D eigenvalue weighted by atomic mass is 10.2. The van der Waals surface area contributed by atoms with Gasteiger partial charge in [-0.05, 0) is 51.1 Å². The fraction of sp³-hybridized carbons (Fsp3) is 0.714. The summed E-state index contributed by atoms with van der Waals surface area (Å²) in [6, 6.07) is 0. The van der Waals surface area contributed by atoms with E-state index in [2.05, 4.69) is 41.9 Å². The van der Waals surface area contributed by atoms with Gasteiger partial charge in [0.1, 0.15) is 0 Å². The average Bonchev–Trinajstić information content (AvgIpc) is 2.47. The maximum absolute atomic E-state index is 5.57. The molecule has 0 bridgehead atoms. The van der Waals surface area contributed by atoms with Crippen LogP contribution in [0.4, 0.5) is 0 Å². The summed E-state index contributed by atoms with van der Waals surface area (Å²) in [5.74, 6) is 0. The zero-order valence-electron chi connectivity index (χ0n) is 6.91. The number of hydrogen-bond acceptors (Lipinski definition) is 3. The van der Waals surface area contributed by atoms with Gasteiger partial charge in [-0.3, -0.25) is 0 Å². The van der Waals surface area contributed by atoms with Crippen LogP contribution in [0.5, 0.6) is 0 Å². The molecule has 0 unspecified atom stereocenters. The highest BCUT2D eigenvalue weighted by atomic mass is 79.9. The molecule has 0 aromatic carbocycles. The molecule has 1 aliphatic heterocycles. The number of nitrogens with zero attached hydrogens (tertiary/aromatic N) is 3. The SMILES string of the molecule is Brc1nc(Br)n([C@H]2CCCCO2)n1. The molecule has 4 nitrogen and oxygen atoms in total. The van der Waals surface area contributed by atoms with Crippen LogP contribution in [0.1, 0.15) is 25.5 Å². The van der Waals surface area contributed by atoms with Crippen molar-refractivity contribution in [3.8, 4) is 0 Å². The van der Waals surface area contributed by atoms with Gasteiger partial charge in [0.25, 0.3) is 0 Å². The maximum Gasteiger partial charge on any atom is 0.218 e. The predicted octanol–water partition coefficient (Wildman–Crippen LogP) is 2.50. The first-order chi connectivity index (χ1) is 6.27. The second-order valence-electron chi connectivity index (χ2n) is 2.92. The zero-order valence-corrected chi connectivity index (χ0v) is 10.1. The van der Waals surface area contributed by atoms with E-state index in [-0.39, 0.29) is 6.23 Å². The van der Waals surface area contributed by atoms with Crippen molar-refractivity contribution < 1.29 is 4.74 Å². The minimum atomic E-state index is 0.0434. The van der Waals surface area contributed by atoms with Gasteiger partial charge in [0, 0.05) is 6.61 Å². The van der Waals surface area contributed by atoms with Crippen molar-refractivity contribution in [1.29, 1.82) is 0 Å². The number of rotatable bonds is 1. The molecule has 0 radical (unpaired) electrons. The third-order valence-corrected chi connectivity index (χ3v) is 2.87. The molecule has 2 heterocycles. The van der Waals surface area contributed by atoms with E-state index >= 15 is 0 Å². The van der Waals surface area contributed by atoms with Gasteiger partial charge in [-0.15, -0.1) is 5.10 Å². The van der Waals surface area contributed by atoms with E-state index in [0.29, 0.717) is 9.47 Å². The Morgan fingerprint density at radius 1 is 1.38 bits per heavy atom. The highest BCUT2D eigenvalue weighted by Crippen LogP contribution is 2.25. The Kier molecular flexibility index (Phi) is 3.00. The molecule has 1 atom stereocenters. The van der Waals surface area contributed by atoms with Gasteiger partial charge in [-0.1, -0.05) is 0 Å². The quantitative estimate of drug-likeness (QED) is 0.800. The molecule has 1 aliphatic rings. The normalized spacial score (nSPS) is 23.4. The number of hydrogen-bond donors (Lipinski definition) is 0. The summed E-state index contributed by atoms with van der Waals surface area (Å²) in [4.78, 5) is 4.09. The van der Waals surface area contributed by atoms with Crippen LogP contribution in [0.3, 0.4) is 0 Å². The zero-order chi connectivity index (χ0) is 9.26. The molecule has 72 valence electrons. The lowest BCUT2D eigenvalue weighted by molar-refractivity contribution is -0.0413. The van der Waals surface area contributed by atoms with Crippen molar-refractivity contribution in [2.24, 2.45) is 0 Å². The molecular weight excluding hydrogens is 302 g/mol. The van der Waals surface area contributed by atoms with Gasteiger partial charge in [0.05, 0.1) is 0 Å². The van der Waals surface area contributed by atoms with Gasteiger partial charge in [-0.2, -0.15) is 4.98 Å². The van der Waals surface area contributed by atoms with E-state index in [1.165, 1.54) is 6.42 Å². The standard InChI is InChI=1S/C7H9Br2N3O/c8-6-10-7(9)12(11-6)5-3-1-2-4-13-5/h5H,1-4H2/t5-/m1/s1. The molecular formula is C7H9Br2N3O. The average molecular weight is 311 g/mol. The molecule has 0 saturated carbocycles. The summed E-state index contributed by atoms with van der Waals surface area (Å²) in [7, 11) is 0. The van der Waals surface area contributed by atoms with Gasteiger partial charge in [0.15, 0.2) is 11.0 Å². The second-order valence-corrected chi connectivity index (χ2v) is 4.33. The third kappa shape index (κ3) is 2.11. The van der Waals surface area contributed by atoms with Gasteiger partial charge < -0.3 is 4.74 Å². The van der Waals surface area contributed by atoms with Crippen LogP contribution in [0.2, 0.25) is 0 Å². The fourth-order valence-corrected chi connectivity index (χ4v) is 2.43. The van der Waals surface area contributed by atoms with Crippen LogP contribution >= 0.6 is 31.9 Å². The van der Waals surface area contributed by atoms with Crippen LogP contribution in [0, 0.1) is 0 Å². The van der Waals surface area contributed by atoms with Crippen LogP contribution in [-0.4, -0.2) is 21.4 Å². The molecule has 0 spiro atoms. The van der Waals surface area contributed by atoms with E-state index in [9.17, 15) is 0 Å². The third-order valence-electron chi connectivity index (χ3n) is 1.99. The van der Waals surface area contributed by atoms with E-state index in [1.54, 1.807) is 4.68 Å². The first-order valence-corrected chi connectivity index (χ1v) is 5.75. The molecule has 0 amide bonds. The second kappa shape index (κ2) is 4.06. The summed E-state index contributed by atoms with van der Waals surface area (Å²) < 4.78 is 8.64. The van der Waals surface area contributed by atoms with E-state index in [4.69, 9.17) is 4.74 Å². The van der Waals surface area contributed by atoms with Crippen molar-refractivity contribution in [3.63, 3.8) is 0 Å². The van der Waals surface area contributed by atoms with Crippen molar-refractivity contribution in [2.45, 2.75) is 25.5 Å². The minimum absolute atomic E-state index is 0.0434. The van der Waals surface area contributed by atoms with Gasteiger partial charge in [-0.25, -0.2) is 4.68 Å². The number of halogens is 2. The first-order valence-electron chi connectivity index (χ1n) is 4.16. The monoisotopic (exact) mass is 309 g/mol. The first kappa shape index (κ1) is 9.61. The van der Waals surface area contributed by atoms with Crippen LogP contribution in [0.25, 0.3) is 0 Å². The molecule has 0 aliphatic carbocycles. The highest BCUT2D eigenvalue weighted by molar-refractivity contribution is 9.11.